The second kappa shape index (κ2) is 5.40. The summed E-state index contributed by atoms with van der Waals surface area (Å²) in [5.41, 5.74) is 1.32. The van der Waals surface area contributed by atoms with Gasteiger partial charge in [0.1, 0.15) is 0 Å². The number of hydrogen-bond donors (Lipinski definition) is 1. The molecule has 0 amide bonds. The Bertz CT molecular complexity index is 165. The van der Waals surface area contributed by atoms with Crippen LogP contribution in [0.2, 0.25) is 0 Å². The zero-order chi connectivity index (χ0) is 9.68. The summed E-state index contributed by atoms with van der Waals surface area (Å²) in [4.78, 5) is 2.53. The first-order valence-electron chi connectivity index (χ1n) is 5.35. The van der Waals surface area contributed by atoms with Gasteiger partial charge in [0.15, 0.2) is 0 Å². The Kier molecular flexibility index (Phi) is 4.46. The van der Waals surface area contributed by atoms with Crippen molar-refractivity contribution in [1.29, 1.82) is 0 Å². The predicted molar refractivity (Wildman–Crippen MR) is 58.0 cm³/mol. The molecule has 76 valence electrons. The maximum absolute atomic E-state index is 4.09. The number of likely N-dealkylation sites (N-methyl/N-ethyl adjacent to an activating group) is 1. The standard InChI is InChI=1S/C11H22N2/c1-4-12-8-10(2)9-13-7-5-6-11(13)3/h11-12H,2,4-9H2,1,3H3. The molecule has 0 bridgehead atoms. The van der Waals surface area contributed by atoms with E-state index in [4.69, 9.17) is 0 Å². The maximum Gasteiger partial charge on any atom is 0.0205 e. The molecule has 2 heteroatoms. The van der Waals surface area contributed by atoms with Gasteiger partial charge in [0.2, 0.25) is 0 Å². The van der Waals surface area contributed by atoms with Crippen molar-refractivity contribution in [3.63, 3.8) is 0 Å². The van der Waals surface area contributed by atoms with Gasteiger partial charge in [0, 0.05) is 19.1 Å². The van der Waals surface area contributed by atoms with Crippen LogP contribution in [0.15, 0.2) is 12.2 Å². The van der Waals surface area contributed by atoms with Gasteiger partial charge < -0.3 is 5.32 Å². The summed E-state index contributed by atoms with van der Waals surface area (Å²) in [6.07, 6.45) is 2.71. The summed E-state index contributed by atoms with van der Waals surface area (Å²) < 4.78 is 0. The highest BCUT2D eigenvalue weighted by Crippen LogP contribution is 2.16. The minimum atomic E-state index is 0.762. The Labute approximate surface area is 82.0 Å². The number of rotatable bonds is 5. The summed E-state index contributed by atoms with van der Waals surface area (Å²) in [6, 6.07) is 0.762. The first-order chi connectivity index (χ1) is 6.24. The predicted octanol–water partition coefficient (Wildman–Crippen LogP) is 1.64. The van der Waals surface area contributed by atoms with Crippen LogP contribution in [0.4, 0.5) is 0 Å². The van der Waals surface area contributed by atoms with Crippen molar-refractivity contribution in [2.75, 3.05) is 26.2 Å². The molecular weight excluding hydrogens is 160 g/mol. The van der Waals surface area contributed by atoms with Gasteiger partial charge in [0.25, 0.3) is 0 Å². The van der Waals surface area contributed by atoms with E-state index in [1.165, 1.54) is 25.0 Å². The van der Waals surface area contributed by atoms with Crippen molar-refractivity contribution in [1.82, 2.24) is 10.2 Å². The Hall–Kier alpha value is -0.340. The van der Waals surface area contributed by atoms with Crippen LogP contribution < -0.4 is 5.32 Å². The van der Waals surface area contributed by atoms with Gasteiger partial charge in [-0.2, -0.15) is 0 Å². The van der Waals surface area contributed by atoms with Crippen LogP contribution in [0.1, 0.15) is 26.7 Å². The molecule has 1 atom stereocenters. The van der Waals surface area contributed by atoms with Gasteiger partial charge in [0.05, 0.1) is 0 Å². The van der Waals surface area contributed by atoms with Gasteiger partial charge >= 0.3 is 0 Å². The number of nitrogens with one attached hydrogen (secondary N) is 1. The average Bonchev–Trinajstić information content (AvgIpc) is 2.48. The van der Waals surface area contributed by atoms with E-state index in [1.807, 2.05) is 0 Å². The first-order valence-corrected chi connectivity index (χ1v) is 5.35. The second-order valence-electron chi connectivity index (χ2n) is 3.99. The largest absolute Gasteiger partial charge is 0.313 e. The molecule has 2 nitrogen and oxygen atoms in total. The zero-order valence-corrected chi connectivity index (χ0v) is 8.97. The molecule has 0 aromatic carbocycles. The highest BCUT2D eigenvalue weighted by atomic mass is 15.2. The molecule has 1 N–H and O–H groups in total. The lowest BCUT2D eigenvalue weighted by Crippen LogP contribution is -2.31. The quantitative estimate of drug-likeness (QED) is 0.650. The fourth-order valence-corrected chi connectivity index (χ4v) is 1.87. The van der Waals surface area contributed by atoms with Crippen LogP contribution in [-0.4, -0.2) is 37.1 Å². The van der Waals surface area contributed by atoms with Crippen LogP contribution in [0, 0.1) is 0 Å². The lowest BCUT2D eigenvalue weighted by atomic mass is 10.2. The molecule has 0 radical (unpaired) electrons. The van der Waals surface area contributed by atoms with Crippen molar-refractivity contribution in [3.8, 4) is 0 Å². The highest BCUT2D eigenvalue weighted by Gasteiger charge is 2.19. The molecule has 0 saturated carbocycles. The van der Waals surface area contributed by atoms with Crippen LogP contribution >= 0.6 is 0 Å². The molecule has 1 saturated heterocycles. The fraction of sp³-hybridized carbons (Fsp3) is 0.818. The Balaban J connectivity index is 2.19. The van der Waals surface area contributed by atoms with E-state index in [1.54, 1.807) is 0 Å². The number of nitrogens with zero attached hydrogens (tertiary/aromatic N) is 1. The van der Waals surface area contributed by atoms with Crippen molar-refractivity contribution >= 4 is 0 Å². The van der Waals surface area contributed by atoms with Crippen molar-refractivity contribution in [2.45, 2.75) is 32.7 Å². The van der Waals surface area contributed by atoms with E-state index < -0.39 is 0 Å². The van der Waals surface area contributed by atoms with E-state index in [-0.39, 0.29) is 0 Å². The molecule has 0 spiro atoms. The molecule has 0 aliphatic carbocycles. The molecule has 1 aliphatic rings. The fourth-order valence-electron chi connectivity index (χ4n) is 1.87. The Morgan fingerprint density at radius 1 is 1.62 bits per heavy atom. The second-order valence-corrected chi connectivity index (χ2v) is 3.99. The molecule has 1 unspecified atom stereocenters. The van der Waals surface area contributed by atoms with Gasteiger partial charge in [-0.05, 0) is 38.4 Å². The van der Waals surface area contributed by atoms with Crippen LogP contribution in [0.25, 0.3) is 0 Å². The Morgan fingerprint density at radius 2 is 2.38 bits per heavy atom. The summed E-state index contributed by atoms with van der Waals surface area (Å²) in [5.74, 6) is 0. The topological polar surface area (TPSA) is 15.3 Å². The van der Waals surface area contributed by atoms with E-state index in [0.29, 0.717) is 0 Å². The molecule has 1 fully saturated rings. The molecule has 0 aromatic rings. The highest BCUT2D eigenvalue weighted by molar-refractivity contribution is 5.01. The van der Waals surface area contributed by atoms with Crippen molar-refractivity contribution in [3.05, 3.63) is 12.2 Å². The third-order valence-corrected chi connectivity index (χ3v) is 2.74. The number of likely N-dealkylation sites (tertiary alicyclic amines) is 1. The van der Waals surface area contributed by atoms with E-state index >= 15 is 0 Å². The SMILES string of the molecule is C=C(CNCC)CN1CCCC1C. The smallest absolute Gasteiger partial charge is 0.0205 e. The van der Waals surface area contributed by atoms with Gasteiger partial charge in [-0.15, -0.1) is 0 Å². The summed E-state index contributed by atoms with van der Waals surface area (Å²) in [7, 11) is 0. The average molecular weight is 182 g/mol. The van der Waals surface area contributed by atoms with Crippen LogP contribution in [0.3, 0.4) is 0 Å². The van der Waals surface area contributed by atoms with Crippen LogP contribution in [0.5, 0.6) is 0 Å². The van der Waals surface area contributed by atoms with E-state index in [0.717, 1.165) is 25.7 Å². The summed E-state index contributed by atoms with van der Waals surface area (Å²) in [5, 5.41) is 3.31. The molecule has 13 heavy (non-hydrogen) atoms. The van der Waals surface area contributed by atoms with Crippen molar-refractivity contribution < 1.29 is 0 Å². The zero-order valence-electron chi connectivity index (χ0n) is 8.97. The first kappa shape index (κ1) is 10.7. The maximum atomic E-state index is 4.09. The number of hydrogen-bond acceptors (Lipinski definition) is 2. The lowest BCUT2D eigenvalue weighted by molar-refractivity contribution is 0.290. The molecule has 1 aliphatic heterocycles. The van der Waals surface area contributed by atoms with Gasteiger partial charge in [-0.25, -0.2) is 0 Å². The monoisotopic (exact) mass is 182 g/mol. The van der Waals surface area contributed by atoms with E-state index in [9.17, 15) is 0 Å². The lowest BCUT2D eigenvalue weighted by Gasteiger charge is -2.22. The van der Waals surface area contributed by atoms with Crippen LogP contribution in [-0.2, 0) is 0 Å². The Morgan fingerprint density at radius 3 is 2.92 bits per heavy atom. The third kappa shape index (κ3) is 3.49. The molecule has 0 aromatic heterocycles. The minimum Gasteiger partial charge on any atom is -0.313 e. The third-order valence-electron chi connectivity index (χ3n) is 2.74. The summed E-state index contributed by atoms with van der Waals surface area (Å²) >= 11 is 0. The van der Waals surface area contributed by atoms with Crippen molar-refractivity contribution in [2.24, 2.45) is 0 Å². The molecule has 1 heterocycles. The van der Waals surface area contributed by atoms with E-state index in [2.05, 4.69) is 30.6 Å². The molecule has 1 rings (SSSR count). The normalized spacial score (nSPS) is 23.7. The minimum absolute atomic E-state index is 0.762. The molecular formula is C11H22N2. The summed E-state index contributed by atoms with van der Waals surface area (Å²) in [6.45, 7) is 12.9. The van der Waals surface area contributed by atoms with Gasteiger partial charge in [-0.3, -0.25) is 4.90 Å². The van der Waals surface area contributed by atoms with Gasteiger partial charge in [-0.1, -0.05) is 13.5 Å².